The van der Waals surface area contributed by atoms with Crippen molar-refractivity contribution in [3.05, 3.63) is 28.8 Å². The second-order valence-electron chi connectivity index (χ2n) is 5.21. The number of amides is 1. The maximum atomic E-state index is 12.0. The highest BCUT2D eigenvalue weighted by Crippen LogP contribution is 2.34. The first-order chi connectivity index (χ1) is 10.1. The number of fused-ring (bicyclic) bond motifs is 1. The normalized spacial score (nSPS) is 17.3. The predicted octanol–water partition coefficient (Wildman–Crippen LogP) is 2.49. The van der Waals surface area contributed by atoms with Crippen LogP contribution in [-0.4, -0.2) is 38.3 Å². The van der Waals surface area contributed by atoms with E-state index < -0.39 is 0 Å². The van der Waals surface area contributed by atoms with Crippen LogP contribution in [0.3, 0.4) is 0 Å². The second-order valence-corrected chi connectivity index (χ2v) is 5.21. The van der Waals surface area contributed by atoms with Gasteiger partial charge in [-0.25, -0.2) is 4.79 Å². The zero-order valence-corrected chi connectivity index (χ0v) is 13.2. The van der Waals surface area contributed by atoms with E-state index in [1.165, 1.54) is 5.56 Å². The Bertz CT molecular complexity index is 516. The molecule has 116 valence electrons. The highest BCUT2D eigenvalue weighted by atomic mass is 16.6. The van der Waals surface area contributed by atoms with Crippen LogP contribution in [0.5, 0.6) is 5.75 Å². The highest BCUT2D eigenvalue weighted by Gasteiger charge is 2.29. The molecule has 1 unspecified atom stereocenters. The summed E-state index contributed by atoms with van der Waals surface area (Å²) in [7, 11) is 3.60. The Hall–Kier alpha value is -1.75. The molecule has 1 N–H and O–H groups in total. The van der Waals surface area contributed by atoms with E-state index in [2.05, 4.69) is 17.4 Å². The van der Waals surface area contributed by atoms with Crippen LogP contribution in [0.15, 0.2) is 12.1 Å². The summed E-state index contributed by atoms with van der Waals surface area (Å²) in [6, 6.07) is 4.24. The summed E-state index contributed by atoms with van der Waals surface area (Å²) in [5, 5.41) is 3.16. The lowest BCUT2D eigenvalue weighted by Crippen LogP contribution is -2.39. The van der Waals surface area contributed by atoms with Crippen LogP contribution in [-0.2, 0) is 17.7 Å². The van der Waals surface area contributed by atoms with Gasteiger partial charge in [0, 0.05) is 18.7 Å². The van der Waals surface area contributed by atoms with Crippen LogP contribution < -0.4 is 10.1 Å². The van der Waals surface area contributed by atoms with Crippen LogP contribution in [0.1, 0.15) is 36.6 Å². The predicted molar refractivity (Wildman–Crippen MR) is 81.6 cm³/mol. The first kappa shape index (κ1) is 15.6. The average molecular weight is 292 g/mol. The molecule has 5 nitrogen and oxygen atoms in total. The van der Waals surface area contributed by atoms with Crippen molar-refractivity contribution in [2.24, 2.45) is 0 Å². The summed E-state index contributed by atoms with van der Waals surface area (Å²) in [6.45, 7) is 5.73. The van der Waals surface area contributed by atoms with Gasteiger partial charge in [-0.15, -0.1) is 0 Å². The summed E-state index contributed by atoms with van der Waals surface area (Å²) in [6.07, 6.45) is 0.605. The minimum atomic E-state index is -0.242. The molecule has 0 saturated carbocycles. The molecule has 21 heavy (non-hydrogen) atoms. The molecule has 1 aliphatic heterocycles. The first-order valence-corrected chi connectivity index (χ1v) is 7.40. The number of rotatable bonds is 4. The molecule has 1 atom stereocenters. The van der Waals surface area contributed by atoms with Gasteiger partial charge in [-0.3, -0.25) is 0 Å². The van der Waals surface area contributed by atoms with E-state index >= 15 is 0 Å². The average Bonchev–Trinajstić information content (AvgIpc) is 2.47. The van der Waals surface area contributed by atoms with E-state index in [1.54, 1.807) is 12.0 Å². The first-order valence-electron chi connectivity index (χ1n) is 7.40. The smallest absolute Gasteiger partial charge is 0.410 e. The summed E-state index contributed by atoms with van der Waals surface area (Å²) in [5.41, 5.74) is 3.58. The van der Waals surface area contributed by atoms with Crippen LogP contribution in [0.2, 0.25) is 0 Å². The third kappa shape index (κ3) is 3.13. The number of ether oxygens (including phenoxy) is 2. The van der Waals surface area contributed by atoms with Crippen LogP contribution in [0.4, 0.5) is 4.79 Å². The maximum Gasteiger partial charge on any atom is 0.410 e. The van der Waals surface area contributed by atoms with Gasteiger partial charge < -0.3 is 19.7 Å². The third-order valence-electron chi connectivity index (χ3n) is 3.95. The number of hydrogen-bond donors (Lipinski definition) is 1. The molecule has 0 radical (unpaired) electrons. The number of nitrogens with one attached hydrogen (secondary N) is 1. The molecule has 0 fully saturated rings. The van der Waals surface area contributed by atoms with E-state index in [4.69, 9.17) is 9.47 Å². The van der Waals surface area contributed by atoms with E-state index in [0.29, 0.717) is 13.2 Å². The monoisotopic (exact) mass is 292 g/mol. The Kier molecular flexibility index (Phi) is 5.07. The molecular weight excluding hydrogens is 268 g/mol. The summed E-state index contributed by atoms with van der Waals surface area (Å²) >= 11 is 0. The molecule has 5 heteroatoms. The fraction of sp³-hybridized carbons (Fsp3) is 0.562. The molecule has 1 aromatic carbocycles. The van der Waals surface area contributed by atoms with Crippen LogP contribution >= 0.6 is 0 Å². The van der Waals surface area contributed by atoms with Gasteiger partial charge in [0.05, 0.1) is 19.8 Å². The quantitative estimate of drug-likeness (QED) is 0.926. The Balaban J connectivity index is 2.32. The van der Waals surface area contributed by atoms with Crippen molar-refractivity contribution in [2.45, 2.75) is 32.9 Å². The van der Waals surface area contributed by atoms with Gasteiger partial charge in [0.2, 0.25) is 0 Å². The van der Waals surface area contributed by atoms with Gasteiger partial charge in [0.15, 0.2) is 0 Å². The van der Waals surface area contributed by atoms with E-state index in [9.17, 15) is 4.79 Å². The lowest BCUT2D eigenvalue weighted by Gasteiger charge is -2.35. The fourth-order valence-corrected chi connectivity index (χ4v) is 2.87. The Morgan fingerprint density at radius 3 is 2.86 bits per heavy atom. The van der Waals surface area contributed by atoms with Crippen LogP contribution in [0, 0.1) is 0 Å². The lowest BCUT2D eigenvalue weighted by atomic mass is 9.91. The highest BCUT2D eigenvalue weighted by molar-refractivity contribution is 5.69. The van der Waals surface area contributed by atoms with Crippen molar-refractivity contribution < 1.29 is 14.3 Å². The summed E-state index contributed by atoms with van der Waals surface area (Å²) in [4.78, 5) is 13.8. The number of benzene rings is 1. The molecule has 2 rings (SSSR count). The number of methoxy groups -OCH3 is 1. The largest absolute Gasteiger partial charge is 0.496 e. The third-order valence-corrected chi connectivity index (χ3v) is 3.95. The van der Waals surface area contributed by atoms with E-state index in [1.807, 2.05) is 20.9 Å². The van der Waals surface area contributed by atoms with Gasteiger partial charge in [-0.1, -0.05) is 6.07 Å². The van der Waals surface area contributed by atoms with Crippen molar-refractivity contribution >= 4 is 6.09 Å². The molecule has 0 aromatic heterocycles. The summed E-state index contributed by atoms with van der Waals surface area (Å²) in [5.74, 6) is 0.862. The molecule has 0 bridgehead atoms. The SMILES string of the molecule is CCOC(=O)N1CCc2cc(CNC)c(OC)cc2C1C. The van der Waals surface area contributed by atoms with Crippen molar-refractivity contribution in [3.8, 4) is 5.75 Å². The Labute approximate surface area is 126 Å². The van der Waals surface area contributed by atoms with Crippen molar-refractivity contribution in [3.63, 3.8) is 0 Å². The van der Waals surface area contributed by atoms with E-state index in [0.717, 1.165) is 29.8 Å². The Morgan fingerprint density at radius 1 is 1.48 bits per heavy atom. The maximum absolute atomic E-state index is 12.0. The number of carbonyl (C=O) groups excluding carboxylic acids is 1. The zero-order chi connectivity index (χ0) is 15.4. The fourth-order valence-electron chi connectivity index (χ4n) is 2.87. The van der Waals surface area contributed by atoms with Crippen molar-refractivity contribution in [1.29, 1.82) is 0 Å². The minimum Gasteiger partial charge on any atom is -0.496 e. The standard InChI is InChI=1S/C16H24N2O3/c1-5-21-16(19)18-7-6-12-8-13(10-17-3)15(20-4)9-14(12)11(18)2/h8-9,11,17H,5-7,10H2,1-4H3. The number of nitrogens with zero attached hydrogens (tertiary/aromatic N) is 1. The van der Waals surface area contributed by atoms with Gasteiger partial charge in [-0.2, -0.15) is 0 Å². The number of hydrogen-bond acceptors (Lipinski definition) is 4. The molecule has 1 aromatic rings. The van der Waals surface area contributed by atoms with Gasteiger partial charge >= 0.3 is 6.09 Å². The molecular formula is C16H24N2O3. The van der Waals surface area contributed by atoms with Gasteiger partial charge in [-0.05, 0) is 44.5 Å². The second kappa shape index (κ2) is 6.80. The number of carbonyl (C=O) groups is 1. The zero-order valence-electron chi connectivity index (χ0n) is 13.2. The lowest BCUT2D eigenvalue weighted by molar-refractivity contribution is 0.0901. The molecule has 0 spiro atoms. The molecule has 1 amide bonds. The summed E-state index contributed by atoms with van der Waals surface area (Å²) < 4.78 is 10.6. The Morgan fingerprint density at radius 2 is 2.24 bits per heavy atom. The molecule has 1 heterocycles. The van der Waals surface area contributed by atoms with E-state index in [-0.39, 0.29) is 12.1 Å². The molecule has 1 aliphatic rings. The van der Waals surface area contributed by atoms with Crippen molar-refractivity contribution in [2.75, 3.05) is 27.3 Å². The topological polar surface area (TPSA) is 50.8 Å². The molecule has 0 aliphatic carbocycles. The van der Waals surface area contributed by atoms with Gasteiger partial charge in [0.1, 0.15) is 5.75 Å². The molecule has 0 saturated heterocycles. The van der Waals surface area contributed by atoms with Crippen molar-refractivity contribution in [1.82, 2.24) is 10.2 Å². The minimum absolute atomic E-state index is 0.00494. The van der Waals surface area contributed by atoms with Gasteiger partial charge in [0.25, 0.3) is 0 Å². The van der Waals surface area contributed by atoms with Crippen LogP contribution in [0.25, 0.3) is 0 Å².